The molecule has 0 aliphatic rings. The van der Waals surface area contributed by atoms with Crippen LogP contribution in [0.2, 0.25) is 0 Å². The number of hydrogen-bond donors (Lipinski definition) is 0. The monoisotopic (exact) mass is 342 g/mol. The highest BCUT2D eigenvalue weighted by molar-refractivity contribution is 7.79. The van der Waals surface area contributed by atoms with E-state index in [0.29, 0.717) is 6.16 Å². The van der Waals surface area contributed by atoms with Crippen molar-refractivity contribution in [3.8, 4) is 0 Å². The highest BCUT2D eigenvalue weighted by Gasteiger charge is 2.29. The summed E-state index contributed by atoms with van der Waals surface area (Å²) in [6.45, 7) is 3.88. The Bertz CT molecular complexity index is 1030. The molecule has 0 unspecified atom stereocenters. The van der Waals surface area contributed by atoms with Gasteiger partial charge >= 0.3 is 0 Å². The van der Waals surface area contributed by atoms with Gasteiger partial charge in [-0.1, -0.05) is 91.0 Å². The van der Waals surface area contributed by atoms with Gasteiger partial charge < -0.3 is 4.57 Å². The second-order valence-electron chi connectivity index (χ2n) is 6.21. The van der Waals surface area contributed by atoms with Crippen LogP contribution in [0.1, 0.15) is 0 Å². The molecule has 0 spiro atoms. The third-order valence-corrected chi connectivity index (χ3v) is 7.81. The van der Waals surface area contributed by atoms with E-state index in [-0.39, 0.29) is 0 Å². The Hall–Kier alpha value is -2.63. The van der Waals surface area contributed by atoms with Gasteiger partial charge in [0.25, 0.3) is 0 Å². The maximum Gasteiger partial charge on any atom is 0.148 e. The lowest BCUT2D eigenvalue weighted by Crippen LogP contribution is -2.19. The summed E-state index contributed by atoms with van der Waals surface area (Å²) in [6, 6.07) is 28.5. The first kappa shape index (κ1) is 15.9. The number of benzene rings is 4. The molecule has 0 saturated heterocycles. The van der Waals surface area contributed by atoms with E-state index in [2.05, 4.69) is 43.0 Å². The van der Waals surface area contributed by atoms with Crippen molar-refractivity contribution >= 4 is 39.3 Å². The molecule has 0 bridgehead atoms. The van der Waals surface area contributed by atoms with Gasteiger partial charge in [0.05, 0.1) is 0 Å². The standard InChI is InChI=1S/C23H19OP/c1-2-17-25(24,22-15-7-11-18-9-3-5-13-20(18)22)23-16-8-12-19-10-4-6-14-21(19)23/h2-16H,1,17H2. The molecule has 0 radical (unpaired) electrons. The molecule has 122 valence electrons. The van der Waals surface area contributed by atoms with Crippen LogP contribution in [0.5, 0.6) is 0 Å². The summed E-state index contributed by atoms with van der Waals surface area (Å²) in [6.07, 6.45) is 2.24. The van der Waals surface area contributed by atoms with Crippen LogP contribution in [0.25, 0.3) is 21.5 Å². The van der Waals surface area contributed by atoms with E-state index < -0.39 is 7.14 Å². The molecular weight excluding hydrogens is 323 g/mol. The lowest BCUT2D eigenvalue weighted by Gasteiger charge is -2.21. The Morgan fingerprint density at radius 3 is 1.60 bits per heavy atom. The van der Waals surface area contributed by atoms with E-state index >= 15 is 0 Å². The van der Waals surface area contributed by atoms with Gasteiger partial charge in [-0.2, -0.15) is 0 Å². The lowest BCUT2D eigenvalue weighted by molar-refractivity contribution is 0.589. The molecule has 0 aliphatic carbocycles. The Balaban J connectivity index is 2.08. The van der Waals surface area contributed by atoms with E-state index in [4.69, 9.17) is 0 Å². The predicted molar refractivity (Wildman–Crippen MR) is 110 cm³/mol. The van der Waals surface area contributed by atoms with Crippen LogP contribution in [0, 0.1) is 0 Å². The van der Waals surface area contributed by atoms with Crippen molar-refractivity contribution in [2.75, 3.05) is 6.16 Å². The van der Waals surface area contributed by atoms with Gasteiger partial charge in [0.1, 0.15) is 7.14 Å². The summed E-state index contributed by atoms with van der Waals surface area (Å²) in [7, 11) is -2.83. The first-order valence-corrected chi connectivity index (χ1v) is 10.3. The largest absolute Gasteiger partial charge is 0.313 e. The van der Waals surface area contributed by atoms with Crippen molar-refractivity contribution in [1.29, 1.82) is 0 Å². The summed E-state index contributed by atoms with van der Waals surface area (Å²) in [4.78, 5) is 0. The summed E-state index contributed by atoms with van der Waals surface area (Å²) in [5, 5.41) is 6.18. The normalized spacial score (nSPS) is 11.7. The molecule has 0 saturated carbocycles. The SMILES string of the molecule is C=CCP(=O)(c1cccc2ccccc12)c1cccc2ccccc12. The molecule has 2 heteroatoms. The zero-order valence-corrected chi connectivity index (χ0v) is 14.8. The zero-order chi connectivity index (χ0) is 17.3. The number of hydrogen-bond acceptors (Lipinski definition) is 1. The minimum absolute atomic E-state index is 0.453. The predicted octanol–water partition coefficient (Wildman–Crippen LogP) is 5.49. The van der Waals surface area contributed by atoms with Crippen LogP contribution in [-0.2, 0) is 4.57 Å². The van der Waals surface area contributed by atoms with Crippen molar-refractivity contribution in [2.24, 2.45) is 0 Å². The topological polar surface area (TPSA) is 17.1 Å². The fraction of sp³-hybridized carbons (Fsp3) is 0.0435. The van der Waals surface area contributed by atoms with Crippen LogP contribution in [0.15, 0.2) is 97.6 Å². The lowest BCUT2D eigenvalue weighted by atomic mass is 10.1. The Morgan fingerprint density at radius 1 is 0.680 bits per heavy atom. The quantitative estimate of drug-likeness (QED) is 0.354. The molecular formula is C23H19OP. The molecule has 0 atom stereocenters. The first-order chi connectivity index (χ1) is 12.2. The average molecular weight is 342 g/mol. The minimum Gasteiger partial charge on any atom is -0.313 e. The number of rotatable bonds is 4. The van der Waals surface area contributed by atoms with Gasteiger partial charge in [-0.25, -0.2) is 0 Å². The number of fused-ring (bicyclic) bond motifs is 2. The van der Waals surface area contributed by atoms with Crippen LogP contribution in [0.4, 0.5) is 0 Å². The van der Waals surface area contributed by atoms with Crippen molar-refractivity contribution in [3.05, 3.63) is 97.6 Å². The highest BCUT2D eigenvalue weighted by atomic mass is 31.2. The Labute approximate surface area is 148 Å². The minimum atomic E-state index is -2.83. The van der Waals surface area contributed by atoms with Crippen LogP contribution in [-0.4, -0.2) is 6.16 Å². The molecule has 1 nitrogen and oxygen atoms in total. The zero-order valence-electron chi connectivity index (χ0n) is 13.9. The van der Waals surface area contributed by atoms with Crippen molar-refractivity contribution in [2.45, 2.75) is 0 Å². The fourth-order valence-corrected chi connectivity index (χ4v) is 6.41. The molecule has 4 aromatic rings. The maximum atomic E-state index is 14.4. The van der Waals surface area contributed by atoms with Crippen LogP contribution in [0.3, 0.4) is 0 Å². The van der Waals surface area contributed by atoms with Gasteiger partial charge in [-0.05, 0) is 21.5 Å². The fourth-order valence-electron chi connectivity index (χ4n) is 3.55. The van der Waals surface area contributed by atoms with Gasteiger partial charge in [0.15, 0.2) is 0 Å². The van der Waals surface area contributed by atoms with E-state index in [1.54, 1.807) is 6.08 Å². The van der Waals surface area contributed by atoms with E-state index in [1.165, 1.54) is 0 Å². The van der Waals surface area contributed by atoms with Gasteiger partial charge in [-0.3, -0.25) is 0 Å². The van der Waals surface area contributed by atoms with Crippen molar-refractivity contribution in [1.82, 2.24) is 0 Å². The van der Waals surface area contributed by atoms with E-state index in [0.717, 1.165) is 32.2 Å². The Kier molecular flexibility index (Phi) is 4.03. The first-order valence-electron chi connectivity index (χ1n) is 8.41. The molecule has 25 heavy (non-hydrogen) atoms. The van der Waals surface area contributed by atoms with Gasteiger partial charge in [-0.15, -0.1) is 6.58 Å². The van der Waals surface area contributed by atoms with E-state index in [9.17, 15) is 4.57 Å². The summed E-state index contributed by atoms with van der Waals surface area (Å²) in [5.74, 6) is 0. The molecule has 0 amide bonds. The summed E-state index contributed by atoms with van der Waals surface area (Å²) < 4.78 is 14.4. The number of allylic oxidation sites excluding steroid dienone is 1. The highest BCUT2D eigenvalue weighted by Crippen LogP contribution is 2.46. The molecule has 4 rings (SSSR count). The van der Waals surface area contributed by atoms with Crippen molar-refractivity contribution < 1.29 is 4.57 Å². The maximum absolute atomic E-state index is 14.4. The smallest absolute Gasteiger partial charge is 0.148 e. The average Bonchev–Trinajstić information content (AvgIpc) is 2.67. The van der Waals surface area contributed by atoms with E-state index in [1.807, 2.05) is 48.5 Å². The van der Waals surface area contributed by atoms with Gasteiger partial charge in [0, 0.05) is 16.8 Å². The third kappa shape index (κ3) is 2.62. The second kappa shape index (κ2) is 6.35. The molecule has 0 N–H and O–H groups in total. The molecule has 0 aliphatic heterocycles. The molecule has 0 aromatic heterocycles. The second-order valence-corrected chi connectivity index (χ2v) is 9.02. The van der Waals surface area contributed by atoms with Gasteiger partial charge in [0.2, 0.25) is 0 Å². The summed E-state index contributed by atoms with van der Waals surface area (Å²) in [5.41, 5.74) is 0. The van der Waals surface area contributed by atoms with Crippen LogP contribution >= 0.6 is 7.14 Å². The van der Waals surface area contributed by atoms with Crippen LogP contribution < -0.4 is 10.6 Å². The molecule has 0 heterocycles. The summed E-state index contributed by atoms with van der Waals surface area (Å²) >= 11 is 0. The third-order valence-electron chi connectivity index (χ3n) is 4.70. The Morgan fingerprint density at radius 2 is 1.12 bits per heavy atom. The van der Waals surface area contributed by atoms with Crippen molar-refractivity contribution in [3.63, 3.8) is 0 Å². The molecule has 0 fully saturated rings. The molecule has 4 aromatic carbocycles.